The second-order valence-corrected chi connectivity index (χ2v) is 6.58. The molecule has 0 atom stereocenters. The molecule has 0 fully saturated rings. The number of benzene rings is 3. The van der Waals surface area contributed by atoms with E-state index in [1.807, 2.05) is 24.3 Å². The van der Waals surface area contributed by atoms with Gasteiger partial charge >= 0.3 is 0 Å². The monoisotopic (exact) mass is 371 g/mol. The second kappa shape index (κ2) is 8.35. The molecule has 0 saturated carbocycles. The summed E-state index contributed by atoms with van der Waals surface area (Å²) in [5.41, 5.74) is 3.11. The van der Waals surface area contributed by atoms with Crippen molar-refractivity contribution in [2.45, 2.75) is 13.8 Å². The average Bonchev–Trinajstić information content (AvgIpc) is 2.71. The van der Waals surface area contributed by atoms with E-state index in [-0.39, 0.29) is 17.1 Å². The van der Waals surface area contributed by atoms with Gasteiger partial charge < -0.3 is 10.4 Å². The SMILES string of the molecule is Cc1cc(/C=C(/C(=O)Nc2ccccc2)C(=O)c2ccccc2)cc(C)c1O. The standard InChI is InChI=1S/C24H21NO3/c1-16-13-18(14-17(2)22(16)26)15-21(23(27)19-9-5-3-6-10-19)24(28)25-20-11-7-4-8-12-20/h3-15,26H,1-2H3,(H,25,28)/b21-15+. The molecule has 0 radical (unpaired) electrons. The summed E-state index contributed by atoms with van der Waals surface area (Å²) in [7, 11) is 0. The van der Waals surface area contributed by atoms with E-state index < -0.39 is 5.91 Å². The molecule has 28 heavy (non-hydrogen) atoms. The zero-order chi connectivity index (χ0) is 20.1. The maximum atomic E-state index is 13.0. The van der Waals surface area contributed by atoms with E-state index in [1.54, 1.807) is 68.5 Å². The number of phenolic OH excluding ortho intramolecular Hbond substituents is 1. The first-order valence-corrected chi connectivity index (χ1v) is 8.94. The minimum atomic E-state index is -0.483. The van der Waals surface area contributed by atoms with Crippen LogP contribution in [-0.2, 0) is 4.79 Å². The minimum absolute atomic E-state index is 0.0274. The highest BCUT2D eigenvalue weighted by molar-refractivity contribution is 6.31. The van der Waals surface area contributed by atoms with Gasteiger partial charge in [0, 0.05) is 11.3 Å². The molecule has 4 nitrogen and oxygen atoms in total. The number of aromatic hydroxyl groups is 1. The molecule has 0 heterocycles. The number of rotatable bonds is 5. The number of carbonyl (C=O) groups is 2. The minimum Gasteiger partial charge on any atom is -0.507 e. The van der Waals surface area contributed by atoms with Crippen molar-refractivity contribution in [3.05, 3.63) is 101 Å². The van der Waals surface area contributed by atoms with Crippen LogP contribution in [0.5, 0.6) is 5.75 Å². The van der Waals surface area contributed by atoms with Gasteiger partial charge in [-0.1, -0.05) is 48.5 Å². The van der Waals surface area contributed by atoms with Gasteiger partial charge in [-0.05, 0) is 60.9 Å². The Labute approximate surface area is 164 Å². The highest BCUT2D eigenvalue weighted by atomic mass is 16.3. The maximum Gasteiger partial charge on any atom is 0.259 e. The fourth-order valence-electron chi connectivity index (χ4n) is 2.94. The molecule has 3 aromatic carbocycles. The molecule has 1 amide bonds. The Morgan fingerprint density at radius 1 is 0.857 bits per heavy atom. The molecule has 0 aliphatic rings. The van der Waals surface area contributed by atoms with E-state index in [0.29, 0.717) is 27.9 Å². The zero-order valence-corrected chi connectivity index (χ0v) is 15.8. The maximum absolute atomic E-state index is 13.0. The predicted octanol–water partition coefficient (Wildman–Crippen LogP) is 4.91. The van der Waals surface area contributed by atoms with Crippen LogP contribution >= 0.6 is 0 Å². The Kier molecular flexibility index (Phi) is 5.70. The van der Waals surface area contributed by atoms with Gasteiger partial charge in [0.05, 0.1) is 5.57 Å². The van der Waals surface area contributed by atoms with Crippen LogP contribution in [0.3, 0.4) is 0 Å². The number of carbonyl (C=O) groups excluding carboxylic acids is 2. The van der Waals surface area contributed by atoms with Crippen molar-refractivity contribution >= 4 is 23.5 Å². The summed E-state index contributed by atoms with van der Waals surface area (Å²) in [6.45, 7) is 3.56. The lowest BCUT2D eigenvalue weighted by Gasteiger charge is -2.10. The van der Waals surface area contributed by atoms with E-state index >= 15 is 0 Å². The Morgan fingerprint density at radius 3 is 1.96 bits per heavy atom. The highest BCUT2D eigenvalue weighted by Crippen LogP contribution is 2.25. The van der Waals surface area contributed by atoms with Crippen molar-refractivity contribution in [1.82, 2.24) is 0 Å². The first-order chi connectivity index (χ1) is 13.5. The molecule has 3 rings (SSSR count). The van der Waals surface area contributed by atoms with Crippen molar-refractivity contribution in [2.75, 3.05) is 5.32 Å². The topological polar surface area (TPSA) is 66.4 Å². The number of anilines is 1. The summed E-state index contributed by atoms with van der Waals surface area (Å²) in [6, 6.07) is 21.2. The predicted molar refractivity (Wildman–Crippen MR) is 111 cm³/mol. The largest absolute Gasteiger partial charge is 0.507 e. The number of Topliss-reactive ketones (excluding diaryl/α,β-unsaturated/α-hetero) is 1. The van der Waals surface area contributed by atoms with Crippen molar-refractivity contribution in [3.8, 4) is 5.75 Å². The lowest BCUT2D eigenvalue weighted by Crippen LogP contribution is -2.20. The summed E-state index contributed by atoms with van der Waals surface area (Å²) in [4.78, 5) is 26.0. The van der Waals surface area contributed by atoms with Crippen LogP contribution in [0.4, 0.5) is 5.69 Å². The van der Waals surface area contributed by atoms with Gasteiger partial charge in [-0.2, -0.15) is 0 Å². The third-order valence-electron chi connectivity index (χ3n) is 4.38. The van der Waals surface area contributed by atoms with Crippen LogP contribution in [0.2, 0.25) is 0 Å². The van der Waals surface area contributed by atoms with Gasteiger partial charge in [0.2, 0.25) is 0 Å². The molecule has 0 aromatic heterocycles. The summed E-state index contributed by atoms with van der Waals surface area (Å²) in [6.07, 6.45) is 1.56. The van der Waals surface area contributed by atoms with E-state index in [1.165, 1.54) is 0 Å². The van der Waals surface area contributed by atoms with Gasteiger partial charge in [-0.25, -0.2) is 0 Å². The molecule has 0 unspecified atom stereocenters. The lowest BCUT2D eigenvalue weighted by atomic mass is 9.98. The third kappa shape index (κ3) is 4.35. The van der Waals surface area contributed by atoms with Crippen LogP contribution in [0.1, 0.15) is 27.0 Å². The Balaban J connectivity index is 2.03. The fourth-order valence-corrected chi connectivity index (χ4v) is 2.94. The van der Waals surface area contributed by atoms with Crippen LogP contribution in [0, 0.1) is 13.8 Å². The van der Waals surface area contributed by atoms with Crippen molar-refractivity contribution in [3.63, 3.8) is 0 Å². The van der Waals surface area contributed by atoms with E-state index in [2.05, 4.69) is 5.32 Å². The molecule has 2 N–H and O–H groups in total. The first kappa shape index (κ1) is 19.1. The third-order valence-corrected chi connectivity index (χ3v) is 4.38. The number of para-hydroxylation sites is 1. The average molecular weight is 371 g/mol. The molecular formula is C24H21NO3. The number of ketones is 1. The highest BCUT2D eigenvalue weighted by Gasteiger charge is 2.20. The van der Waals surface area contributed by atoms with Crippen LogP contribution in [0.25, 0.3) is 6.08 Å². The number of nitrogens with one attached hydrogen (secondary N) is 1. The zero-order valence-electron chi connectivity index (χ0n) is 15.8. The summed E-state index contributed by atoms with van der Waals surface area (Å²) in [5.74, 6) is -0.636. The van der Waals surface area contributed by atoms with Crippen molar-refractivity contribution in [2.24, 2.45) is 0 Å². The molecular weight excluding hydrogens is 350 g/mol. The Bertz CT molecular complexity index is 1010. The van der Waals surface area contributed by atoms with E-state index in [0.717, 1.165) is 0 Å². The smallest absolute Gasteiger partial charge is 0.259 e. The molecule has 3 aromatic rings. The van der Waals surface area contributed by atoms with Crippen LogP contribution < -0.4 is 5.32 Å². The fraction of sp³-hybridized carbons (Fsp3) is 0.0833. The van der Waals surface area contributed by atoms with Crippen molar-refractivity contribution in [1.29, 1.82) is 0 Å². The molecule has 4 heteroatoms. The summed E-state index contributed by atoms with van der Waals surface area (Å²) < 4.78 is 0. The van der Waals surface area contributed by atoms with E-state index in [9.17, 15) is 14.7 Å². The second-order valence-electron chi connectivity index (χ2n) is 6.58. The van der Waals surface area contributed by atoms with Crippen LogP contribution in [-0.4, -0.2) is 16.8 Å². The van der Waals surface area contributed by atoms with E-state index in [4.69, 9.17) is 0 Å². The summed E-state index contributed by atoms with van der Waals surface area (Å²) >= 11 is 0. The molecule has 0 saturated heterocycles. The first-order valence-electron chi connectivity index (χ1n) is 8.94. The number of aryl methyl sites for hydroxylation is 2. The lowest BCUT2D eigenvalue weighted by molar-refractivity contribution is -0.112. The molecule has 0 bridgehead atoms. The Morgan fingerprint density at radius 2 is 1.39 bits per heavy atom. The van der Waals surface area contributed by atoms with Gasteiger partial charge in [-0.3, -0.25) is 9.59 Å². The van der Waals surface area contributed by atoms with Gasteiger partial charge in [0.1, 0.15) is 5.75 Å². The number of hydrogen-bond acceptors (Lipinski definition) is 3. The molecule has 0 aliphatic heterocycles. The molecule has 140 valence electrons. The molecule has 0 aliphatic carbocycles. The number of phenols is 1. The van der Waals surface area contributed by atoms with Crippen molar-refractivity contribution < 1.29 is 14.7 Å². The quantitative estimate of drug-likeness (QED) is 0.290. The normalized spacial score (nSPS) is 11.1. The number of hydrogen-bond donors (Lipinski definition) is 2. The van der Waals surface area contributed by atoms with Gasteiger partial charge in [0.15, 0.2) is 5.78 Å². The summed E-state index contributed by atoms with van der Waals surface area (Å²) in [5, 5.41) is 12.8. The van der Waals surface area contributed by atoms with Gasteiger partial charge in [-0.15, -0.1) is 0 Å². The van der Waals surface area contributed by atoms with Crippen LogP contribution in [0.15, 0.2) is 78.4 Å². The van der Waals surface area contributed by atoms with Gasteiger partial charge in [0.25, 0.3) is 5.91 Å². The number of amides is 1. The Hall–Kier alpha value is -3.66. The molecule has 0 spiro atoms.